The first kappa shape index (κ1) is 16.6. The zero-order valence-electron chi connectivity index (χ0n) is 6.05. The summed E-state index contributed by atoms with van der Waals surface area (Å²) in [6, 6.07) is 0. The topological polar surface area (TPSA) is 26.0 Å². The van der Waals surface area contributed by atoms with Crippen molar-refractivity contribution in [3.05, 3.63) is 0 Å². The SMILES string of the molecule is CCCC.NC(=S)S.[PbH2]. The third-order valence-corrected chi connectivity index (χ3v) is 0.500. The van der Waals surface area contributed by atoms with Gasteiger partial charge >= 0.3 is 27.3 Å². The molecule has 0 aromatic heterocycles. The van der Waals surface area contributed by atoms with Gasteiger partial charge < -0.3 is 5.73 Å². The van der Waals surface area contributed by atoms with Gasteiger partial charge in [-0.05, 0) is 0 Å². The van der Waals surface area contributed by atoms with Gasteiger partial charge in [-0.3, -0.25) is 0 Å². The third kappa shape index (κ3) is 101. The molecule has 0 amide bonds. The van der Waals surface area contributed by atoms with Crippen molar-refractivity contribution in [2.24, 2.45) is 5.73 Å². The first-order valence-corrected chi connectivity index (χ1v) is 3.49. The Labute approximate surface area is 88.3 Å². The van der Waals surface area contributed by atoms with Crippen molar-refractivity contribution in [2.45, 2.75) is 26.7 Å². The number of nitrogens with two attached hydrogens (primary N) is 1. The normalized spacial score (nSPS) is 6.11. The van der Waals surface area contributed by atoms with Crippen LogP contribution in [0.5, 0.6) is 0 Å². The van der Waals surface area contributed by atoms with Gasteiger partial charge in [0, 0.05) is 0 Å². The monoisotopic (exact) mass is 361 g/mol. The molecule has 56 valence electrons. The van der Waals surface area contributed by atoms with Crippen LogP contribution in [0.3, 0.4) is 0 Å². The minimum absolute atomic E-state index is 0. The molecular weight excluding hydrogens is 345 g/mol. The molecule has 0 aliphatic heterocycles. The molecule has 0 aromatic rings. The summed E-state index contributed by atoms with van der Waals surface area (Å²) in [5, 5.41) is 0. The number of unbranched alkanes of at least 4 members (excludes halogenated alkanes) is 1. The van der Waals surface area contributed by atoms with Crippen LogP contribution in [-0.4, -0.2) is 31.6 Å². The molecule has 4 heteroatoms. The summed E-state index contributed by atoms with van der Waals surface area (Å²) >= 11 is 7.65. The van der Waals surface area contributed by atoms with Crippen molar-refractivity contribution in [1.29, 1.82) is 0 Å². The molecule has 0 saturated heterocycles. The van der Waals surface area contributed by atoms with E-state index in [1.54, 1.807) is 0 Å². The van der Waals surface area contributed by atoms with E-state index in [2.05, 4.69) is 38.7 Å². The van der Waals surface area contributed by atoms with E-state index in [0.717, 1.165) is 0 Å². The zero-order valence-corrected chi connectivity index (χ0v) is 13.3. The van der Waals surface area contributed by atoms with Gasteiger partial charge in [0.25, 0.3) is 0 Å². The Bertz CT molecular complexity index is 52.9. The quantitative estimate of drug-likeness (QED) is 0.415. The van der Waals surface area contributed by atoms with Crippen molar-refractivity contribution in [3.8, 4) is 0 Å². The van der Waals surface area contributed by atoms with E-state index in [-0.39, 0.29) is 31.6 Å². The summed E-state index contributed by atoms with van der Waals surface area (Å²) in [6.07, 6.45) is 2.64. The maximum absolute atomic E-state index is 4.71. The van der Waals surface area contributed by atoms with Gasteiger partial charge in [0.1, 0.15) is 4.32 Å². The Morgan fingerprint density at radius 3 is 1.56 bits per heavy atom. The fraction of sp³-hybridized carbons (Fsp3) is 0.800. The summed E-state index contributed by atoms with van der Waals surface area (Å²) in [5.41, 5.74) is 4.71. The van der Waals surface area contributed by atoms with Gasteiger partial charge in [-0.25, -0.2) is 0 Å². The molecule has 2 radical (unpaired) electrons. The number of thiol groups is 1. The van der Waals surface area contributed by atoms with E-state index in [0.29, 0.717) is 0 Å². The van der Waals surface area contributed by atoms with Crippen molar-refractivity contribution in [1.82, 2.24) is 0 Å². The average Bonchev–Trinajstić information content (AvgIpc) is 1.65. The van der Waals surface area contributed by atoms with Gasteiger partial charge in [0.2, 0.25) is 0 Å². The summed E-state index contributed by atoms with van der Waals surface area (Å²) < 4.78 is 0.194. The van der Waals surface area contributed by atoms with Gasteiger partial charge in [-0.1, -0.05) is 38.9 Å². The molecule has 9 heavy (non-hydrogen) atoms. The average molecular weight is 361 g/mol. The Morgan fingerprint density at radius 1 is 1.44 bits per heavy atom. The van der Waals surface area contributed by atoms with E-state index in [9.17, 15) is 0 Å². The van der Waals surface area contributed by atoms with E-state index < -0.39 is 0 Å². The minimum atomic E-state index is 0. The molecule has 0 bridgehead atoms. The summed E-state index contributed by atoms with van der Waals surface area (Å²) in [6.45, 7) is 4.36. The molecule has 0 fully saturated rings. The van der Waals surface area contributed by atoms with Crippen LogP contribution in [0.15, 0.2) is 0 Å². The summed E-state index contributed by atoms with van der Waals surface area (Å²) in [7, 11) is 0. The summed E-state index contributed by atoms with van der Waals surface area (Å²) in [4.78, 5) is 0. The standard InChI is InChI=1S/C4H10.CH3NS2.Pb.2H/c1-3-4-2;2-1(3)4;;;/h3-4H2,1-2H3;(H3,2,3,4);;;. The first-order valence-electron chi connectivity index (χ1n) is 2.63. The van der Waals surface area contributed by atoms with Crippen molar-refractivity contribution in [2.75, 3.05) is 0 Å². The van der Waals surface area contributed by atoms with Crippen LogP contribution in [0.1, 0.15) is 26.7 Å². The molecule has 0 saturated carbocycles. The molecule has 0 rings (SSSR count). The Kier molecular flexibility index (Phi) is 29.7. The van der Waals surface area contributed by atoms with Crippen LogP contribution in [0.25, 0.3) is 0 Å². The second kappa shape index (κ2) is 16.1. The van der Waals surface area contributed by atoms with Crippen LogP contribution in [-0.2, 0) is 0 Å². The van der Waals surface area contributed by atoms with Crippen LogP contribution >= 0.6 is 24.8 Å². The molecule has 1 nitrogen and oxygen atoms in total. The van der Waals surface area contributed by atoms with Gasteiger partial charge in [-0.15, -0.1) is 12.6 Å². The van der Waals surface area contributed by atoms with Crippen LogP contribution < -0.4 is 5.73 Å². The van der Waals surface area contributed by atoms with Gasteiger partial charge in [0.15, 0.2) is 0 Å². The Hall–Kier alpha value is 1.16. The predicted molar refractivity (Wildman–Crippen MR) is 54.9 cm³/mol. The third-order valence-electron chi connectivity index (χ3n) is 0.500. The zero-order chi connectivity index (χ0) is 6.99. The number of hydrogen-bond acceptors (Lipinski definition) is 1. The summed E-state index contributed by atoms with van der Waals surface area (Å²) in [5.74, 6) is 0. The first-order chi connectivity index (χ1) is 3.65. The van der Waals surface area contributed by atoms with E-state index in [1.165, 1.54) is 12.8 Å². The fourth-order valence-corrected chi connectivity index (χ4v) is 0. The maximum atomic E-state index is 4.71. The van der Waals surface area contributed by atoms with Crippen LogP contribution in [0, 0.1) is 0 Å². The number of hydrogen-bond donors (Lipinski definition) is 2. The number of thiocarbonyl (C=S) groups is 1. The van der Waals surface area contributed by atoms with E-state index in [1.807, 2.05) is 0 Å². The molecule has 0 spiro atoms. The Balaban J connectivity index is -0.0000000720. The van der Waals surface area contributed by atoms with Crippen molar-refractivity contribution < 1.29 is 0 Å². The predicted octanol–water partition coefficient (Wildman–Crippen LogP) is 1.05. The fourth-order valence-electron chi connectivity index (χ4n) is 0. The van der Waals surface area contributed by atoms with Crippen LogP contribution in [0.2, 0.25) is 0 Å². The molecule has 0 atom stereocenters. The molecule has 0 heterocycles. The molecular formula is C5H15NPbS2. The molecule has 0 aliphatic carbocycles. The molecule has 0 unspecified atom stereocenters. The van der Waals surface area contributed by atoms with E-state index >= 15 is 0 Å². The van der Waals surface area contributed by atoms with Crippen LogP contribution in [0.4, 0.5) is 0 Å². The second-order valence-electron chi connectivity index (χ2n) is 1.34. The molecule has 0 aliphatic rings. The number of rotatable bonds is 1. The van der Waals surface area contributed by atoms with Gasteiger partial charge in [-0.2, -0.15) is 0 Å². The molecule has 2 N–H and O–H groups in total. The van der Waals surface area contributed by atoms with E-state index in [4.69, 9.17) is 5.73 Å². The van der Waals surface area contributed by atoms with Gasteiger partial charge in [0.05, 0.1) is 0 Å². The Morgan fingerprint density at radius 2 is 1.56 bits per heavy atom. The molecule has 0 aromatic carbocycles. The van der Waals surface area contributed by atoms with Crippen molar-refractivity contribution in [3.63, 3.8) is 0 Å². The second-order valence-corrected chi connectivity index (χ2v) is 2.56. The van der Waals surface area contributed by atoms with Crippen molar-refractivity contribution >= 4 is 56.5 Å².